The van der Waals surface area contributed by atoms with E-state index in [4.69, 9.17) is 15.2 Å². The molecule has 1 aliphatic rings. The molecule has 23 heavy (non-hydrogen) atoms. The van der Waals surface area contributed by atoms with E-state index in [0.29, 0.717) is 40.6 Å². The number of benzene rings is 1. The number of halogens is 2. The molecule has 7 heteroatoms. The summed E-state index contributed by atoms with van der Waals surface area (Å²) in [5, 5.41) is 3.07. The summed E-state index contributed by atoms with van der Waals surface area (Å²) in [6.45, 7) is 4.85. The van der Waals surface area contributed by atoms with Gasteiger partial charge in [-0.2, -0.15) is 0 Å². The number of methoxy groups -OCH3 is 1. The molecule has 3 N–H and O–H groups in total. The Labute approximate surface area is 151 Å². The Bertz CT molecular complexity index is 567. The summed E-state index contributed by atoms with van der Waals surface area (Å²) in [5.74, 6) is 1.45. The van der Waals surface area contributed by atoms with E-state index in [1.54, 1.807) is 19.2 Å². The number of carbonyl (C=O) groups is 1. The average Bonchev–Trinajstić information content (AvgIpc) is 3.34. The first kappa shape index (κ1) is 20.1. The Hall–Kier alpha value is -0.980. The molecule has 0 aromatic heterocycles. The predicted molar refractivity (Wildman–Crippen MR) is 96.8 cm³/mol. The zero-order valence-corrected chi connectivity index (χ0v) is 16.1. The molecule has 0 saturated heterocycles. The van der Waals surface area contributed by atoms with Crippen molar-refractivity contribution in [1.82, 2.24) is 5.32 Å². The van der Waals surface area contributed by atoms with Gasteiger partial charge < -0.3 is 20.5 Å². The monoisotopic (exact) mass is 406 g/mol. The van der Waals surface area contributed by atoms with E-state index in [1.807, 2.05) is 13.8 Å². The van der Waals surface area contributed by atoms with Crippen LogP contribution >= 0.6 is 28.3 Å². The van der Waals surface area contributed by atoms with Gasteiger partial charge in [0.15, 0.2) is 11.5 Å². The molecule has 1 aliphatic carbocycles. The lowest BCUT2D eigenvalue weighted by atomic mass is 9.95. The van der Waals surface area contributed by atoms with E-state index in [2.05, 4.69) is 21.2 Å². The summed E-state index contributed by atoms with van der Waals surface area (Å²) in [4.78, 5) is 12.6. The van der Waals surface area contributed by atoms with Gasteiger partial charge in [-0.1, -0.05) is 0 Å². The van der Waals surface area contributed by atoms with Gasteiger partial charge >= 0.3 is 0 Å². The Kier molecular flexibility index (Phi) is 7.17. The van der Waals surface area contributed by atoms with E-state index in [-0.39, 0.29) is 23.9 Å². The minimum atomic E-state index is -0.352. The Balaban J connectivity index is 0.00000264. The predicted octanol–water partition coefficient (Wildman–Crippen LogP) is 3.14. The maximum atomic E-state index is 12.6. The minimum Gasteiger partial charge on any atom is -0.493 e. The van der Waals surface area contributed by atoms with Crippen molar-refractivity contribution in [2.75, 3.05) is 20.3 Å². The van der Waals surface area contributed by atoms with E-state index in [1.165, 1.54) is 0 Å². The first-order chi connectivity index (χ1) is 10.4. The van der Waals surface area contributed by atoms with Crippen molar-refractivity contribution in [2.24, 2.45) is 11.7 Å². The highest BCUT2D eigenvalue weighted by Crippen LogP contribution is 2.40. The van der Waals surface area contributed by atoms with Crippen molar-refractivity contribution in [1.29, 1.82) is 0 Å². The third-order valence-electron chi connectivity index (χ3n) is 4.08. The topological polar surface area (TPSA) is 73.6 Å². The van der Waals surface area contributed by atoms with Gasteiger partial charge in [-0.05, 0) is 60.7 Å². The van der Waals surface area contributed by atoms with Crippen molar-refractivity contribution in [3.63, 3.8) is 0 Å². The molecule has 2 rings (SSSR count). The maximum Gasteiger partial charge on any atom is 0.251 e. The fraction of sp³-hybridized carbons (Fsp3) is 0.562. The zero-order valence-electron chi connectivity index (χ0n) is 13.6. The van der Waals surface area contributed by atoms with Crippen molar-refractivity contribution in [3.05, 3.63) is 22.2 Å². The second kappa shape index (κ2) is 8.22. The van der Waals surface area contributed by atoms with Gasteiger partial charge in [0.1, 0.15) is 0 Å². The van der Waals surface area contributed by atoms with Crippen LogP contribution in [-0.4, -0.2) is 31.7 Å². The lowest BCUT2D eigenvalue weighted by molar-refractivity contribution is 0.0897. The van der Waals surface area contributed by atoms with Crippen LogP contribution in [0.2, 0.25) is 0 Å². The summed E-state index contributed by atoms with van der Waals surface area (Å²) in [6, 6.07) is 3.43. The van der Waals surface area contributed by atoms with Gasteiger partial charge in [0.05, 0.1) is 23.7 Å². The molecule has 1 aromatic carbocycles. The molecule has 1 aromatic rings. The number of ether oxygens (including phenoxy) is 2. The van der Waals surface area contributed by atoms with Crippen LogP contribution in [0.25, 0.3) is 0 Å². The maximum absolute atomic E-state index is 12.6. The summed E-state index contributed by atoms with van der Waals surface area (Å²) in [7, 11) is 1.56. The molecule has 0 radical (unpaired) electrons. The highest BCUT2D eigenvalue weighted by atomic mass is 79.9. The number of hydrogen-bond acceptors (Lipinski definition) is 4. The molecule has 1 atom stereocenters. The van der Waals surface area contributed by atoms with Crippen molar-refractivity contribution in [2.45, 2.75) is 32.2 Å². The molecule has 0 heterocycles. The van der Waals surface area contributed by atoms with Crippen LogP contribution in [0.1, 0.15) is 37.0 Å². The van der Waals surface area contributed by atoms with Gasteiger partial charge in [-0.15, -0.1) is 12.4 Å². The van der Waals surface area contributed by atoms with E-state index < -0.39 is 0 Å². The highest BCUT2D eigenvalue weighted by molar-refractivity contribution is 9.10. The molecule has 0 bridgehead atoms. The van der Waals surface area contributed by atoms with Crippen molar-refractivity contribution in [3.8, 4) is 11.5 Å². The van der Waals surface area contributed by atoms with Crippen LogP contribution in [0, 0.1) is 5.92 Å². The molecule has 1 unspecified atom stereocenters. The SMILES string of the molecule is CCOc1c(Br)cc(C(=O)NC(C)(CN)C2CC2)cc1OC.Cl. The Morgan fingerprint density at radius 3 is 2.61 bits per heavy atom. The molecule has 1 saturated carbocycles. The highest BCUT2D eigenvalue weighted by Gasteiger charge is 2.41. The normalized spacial score (nSPS) is 16.0. The standard InChI is InChI=1S/C16H23BrN2O3.ClH/c1-4-22-14-12(17)7-10(8-13(14)21-3)15(20)19-16(2,9-18)11-5-6-11;/h7-8,11H,4-6,9,18H2,1-3H3,(H,19,20);1H. The molecule has 1 fully saturated rings. The molecule has 1 amide bonds. The Morgan fingerprint density at radius 1 is 1.48 bits per heavy atom. The van der Waals surface area contributed by atoms with E-state index in [9.17, 15) is 4.79 Å². The molecule has 0 spiro atoms. The first-order valence-corrected chi connectivity index (χ1v) is 8.27. The summed E-state index contributed by atoms with van der Waals surface area (Å²) < 4.78 is 11.6. The molecule has 0 aliphatic heterocycles. The number of hydrogen-bond donors (Lipinski definition) is 2. The van der Waals surface area contributed by atoms with Crippen LogP contribution in [0.5, 0.6) is 11.5 Å². The van der Waals surface area contributed by atoms with Crippen molar-refractivity contribution < 1.29 is 14.3 Å². The number of nitrogens with one attached hydrogen (secondary N) is 1. The van der Waals surface area contributed by atoms with Crippen LogP contribution in [0.3, 0.4) is 0 Å². The second-order valence-electron chi connectivity index (χ2n) is 5.77. The van der Waals surface area contributed by atoms with Gasteiger partial charge in [-0.3, -0.25) is 4.79 Å². The third-order valence-corrected chi connectivity index (χ3v) is 4.67. The lowest BCUT2D eigenvalue weighted by Crippen LogP contribution is -2.53. The molecular formula is C16H24BrClN2O3. The molecule has 5 nitrogen and oxygen atoms in total. The lowest BCUT2D eigenvalue weighted by Gasteiger charge is -2.29. The number of carbonyl (C=O) groups excluding carboxylic acids is 1. The van der Waals surface area contributed by atoms with Gasteiger partial charge in [0.2, 0.25) is 0 Å². The summed E-state index contributed by atoms with van der Waals surface area (Å²) in [5.41, 5.74) is 6.02. The summed E-state index contributed by atoms with van der Waals surface area (Å²) >= 11 is 3.44. The van der Waals surface area contributed by atoms with Crippen LogP contribution in [0.4, 0.5) is 0 Å². The number of amides is 1. The van der Waals surface area contributed by atoms with Crippen molar-refractivity contribution >= 4 is 34.2 Å². The van der Waals surface area contributed by atoms with Gasteiger partial charge in [0.25, 0.3) is 5.91 Å². The van der Waals surface area contributed by atoms with E-state index >= 15 is 0 Å². The van der Waals surface area contributed by atoms with E-state index in [0.717, 1.165) is 12.8 Å². The van der Waals surface area contributed by atoms with Gasteiger partial charge in [-0.25, -0.2) is 0 Å². The average molecular weight is 408 g/mol. The zero-order chi connectivity index (χ0) is 16.3. The smallest absolute Gasteiger partial charge is 0.251 e. The fourth-order valence-corrected chi connectivity index (χ4v) is 3.06. The largest absolute Gasteiger partial charge is 0.493 e. The molecule has 130 valence electrons. The summed E-state index contributed by atoms with van der Waals surface area (Å²) in [6.07, 6.45) is 2.23. The van der Waals surface area contributed by atoms with Crippen LogP contribution in [0.15, 0.2) is 16.6 Å². The number of nitrogens with two attached hydrogens (primary N) is 1. The molecular weight excluding hydrogens is 384 g/mol. The quantitative estimate of drug-likeness (QED) is 0.728. The number of rotatable bonds is 7. The minimum absolute atomic E-state index is 0. The third kappa shape index (κ3) is 4.52. The second-order valence-corrected chi connectivity index (χ2v) is 6.63. The van der Waals surface area contributed by atoms with Crippen LogP contribution in [-0.2, 0) is 0 Å². The fourth-order valence-electron chi connectivity index (χ4n) is 2.51. The van der Waals surface area contributed by atoms with Crippen LogP contribution < -0.4 is 20.5 Å². The Morgan fingerprint density at radius 2 is 2.13 bits per heavy atom. The van der Waals surface area contributed by atoms with Gasteiger partial charge in [0, 0.05) is 12.1 Å². The first-order valence-electron chi connectivity index (χ1n) is 7.48.